The van der Waals surface area contributed by atoms with E-state index in [1.165, 1.54) is 30.4 Å². The second kappa shape index (κ2) is 11.0. The summed E-state index contributed by atoms with van der Waals surface area (Å²) in [4.78, 5) is 15.4. The van der Waals surface area contributed by atoms with E-state index in [2.05, 4.69) is 46.1 Å². The Labute approximate surface area is 191 Å². The normalized spacial score (nSPS) is 15.2. The van der Waals surface area contributed by atoms with Gasteiger partial charge in [-0.25, -0.2) is 13.1 Å². The van der Waals surface area contributed by atoms with Crippen molar-refractivity contribution in [3.05, 3.63) is 64.7 Å². The van der Waals surface area contributed by atoms with Crippen LogP contribution in [0, 0.1) is 6.92 Å². The molecule has 2 aromatic rings. The highest BCUT2D eigenvalue weighted by Gasteiger charge is 2.23. The minimum Gasteiger partial charge on any atom is -0.383 e. The number of hydrogen-bond acceptors (Lipinski definition) is 5. The number of hydrogen-bond donors (Lipinski definition) is 2. The molecule has 0 unspecified atom stereocenters. The SMILES string of the molecule is CC[C@@H](CNC(=O)c1cc(S(=O)(=O)NCCOC)ccc1C)N1CCc2ccccc2C1. The fraction of sp³-hybridized carbons (Fsp3) is 0.458. The van der Waals surface area contributed by atoms with E-state index in [9.17, 15) is 13.2 Å². The number of sulfonamides is 1. The van der Waals surface area contributed by atoms with Crippen molar-refractivity contribution < 1.29 is 17.9 Å². The molecule has 7 nitrogen and oxygen atoms in total. The molecule has 1 aliphatic rings. The molecule has 0 spiro atoms. The highest BCUT2D eigenvalue weighted by Crippen LogP contribution is 2.21. The van der Waals surface area contributed by atoms with Crippen LogP contribution in [0.5, 0.6) is 0 Å². The monoisotopic (exact) mass is 459 g/mol. The Bertz CT molecular complexity index is 1040. The van der Waals surface area contributed by atoms with Gasteiger partial charge in [-0.15, -0.1) is 0 Å². The van der Waals surface area contributed by atoms with E-state index in [0.29, 0.717) is 12.1 Å². The highest BCUT2D eigenvalue weighted by molar-refractivity contribution is 7.89. The van der Waals surface area contributed by atoms with E-state index in [1.54, 1.807) is 6.07 Å². The van der Waals surface area contributed by atoms with Gasteiger partial charge in [0.2, 0.25) is 10.0 Å². The van der Waals surface area contributed by atoms with Crippen LogP contribution in [0.2, 0.25) is 0 Å². The first-order chi connectivity index (χ1) is 15.4. The zero-order valence-electron chi connectivity index (χ0n) is 19.1. The van der Waals surface area contributed by atoms with Gasteiger partial charge < -0.3 is 10.1 Å². The number of amides is 1. The quantitative estimate of drug-likeness (QED) is 0.533. The van der Waals surface area contributed by atoms with Gasteiger partial charge in [0.05, 0.1) is 11.5 Å². The molecule has 1 heterocycles. The van der Waals surface area contributed by atoms with Crippen molar-refractivity contribution in [2.24, 2.45) is 0 Å². The first kappa shape index (κ1) is 24.4. The molecule has 2 aromatic carbocycles. The molecule has 1 aliphatic heterocycles. The first-order valence-corrected chi connectivity index (χ1v) is 12.5. The summed E-state index contributed by atoms with van der Waals surface area (Å²) in [6.45, 7) is 6.74. The lowest BCUT2D eigenvalue weighted by Crippen LogP contribution is -2.45. The van der Waals surface area contributed by atoms with E-state index in [4.69, 9.17) is 4.74 Å². The molecule has 1 atom stereocenters. The van der Waals surface area contributed by atoms with Crippen LogP contribution in [0.25, 0.3) is 0 Å². The smallest absolute Gasteiger partial charge is 0.251 e. The lowest BCUT2D eigenvalue weighted by Gasteiger charge is -2.35. The number of aryl methyl sites for hydroxylation is 1. The average Bonchev–Trinajstić information content (AvgIpc) is 2.79. The fourth-order valence-corrected chi connectivity index (χ4v) is 5.08. The van der Waals surface area contributed by atoms with E-state index >= 15 is 0 Å². The van der Waals surface area contributed by atoms with Crippen molar-refractivity contribution in [2.75, 3.05) is 33.4 Å². The topological polar surface area (TPSA) is 87.7 Å². The molecule has 0 fully saturated rings. The van der Waals surface area contributed by atoms with Crippen molar-refractivity contribution in [2.45, 2.75) is 44.2 Å². The fourth-order valence-electron chi connectivity index (χ4n) is 4.04. The van der Waals surface area contributed by atoms with Crippen LogP contribution in [0.15, 0.2) is 47.4 Å². The van der Waals surface area contributed by atoms with Gasteiger partial charge >= 0.3 is 0 Å². The van der Waals surface area contributed by atoms with Crippen molar-refractivity contribution in [3.8, 4) is 0 Å². The van der Waals surface area contributed by atoms with Gasteiger partial charge in [-0.05, 0) is 48.6 Å². The zero-order valence-corrected chi connectivity index (χ0v) is 19.9. The predicted octanol–water partition coefficient (Wildman–Crippen LogP) is 2.49. The van der Waals surface area contributed by atoms with Crippen LogP contribution in [0.3, 0.4) is 0 Å². The molecule has 174 valence electrons. The van der Waals surface area contributed by atoms with Crippen LogP contribution in [0.1, 0.15) is 40.4 Å². The molecule has 32 heavy (non-hydrogen) atoms. The van der Waals surface area contributed by atoms with Gasteiger partial charge in [-0.3, -0.25) is 9.69 Å². The number of nitrogens with zero attached hydrogens (tertiary/aromatic N) is 1. The molecule has 0 saturated carbocycles. The summed E-state index contributed by atoms with van der Waals surface area (Å²) in [5, 5.41) is 3.03. The Morgan fingerprint density at radius 3 is 2.66 bits per heavy atom. The maximum atomic E-state index is 12.9. The third-order valence-corrected chi connectivity index (χ3v) is 7.47. The van der Waals surface area contributed by atoms with Crippen molar-refractivity contribution >= 4 is 15.9 Å². The summed E-state index contributed by atoms with van der Waals surface area (Å²) in [5.41, 5.74) is 3.85. The average molecular weight is 460 g/mol. The lowest BCUT2D eigenvalue weighted by atomic mass is 9.98. The highest BCUT2D eigenvalue weighted by atomic mass is 32.2. The molecule has 0 aliphatic carbocycles. The lowest BCUT2D eigenvalue weighted by molar-refractivity contribution is 0.0925. The Hall–Kier alpha value is -2.26. The van der Waals surface area contributed by atoms with Gasteiger partial charge in [0, 0.05) is 44.9 Å². The van der Waals surface area contributed by atoms with Gasteiger partial charge in [-0.2, -0.15) is 0 Å². The first-order valence-electron chi connectivity index (χ1n) is 11.0. The summed E-state index contributed by atoms with van der Waals surface area (Å²) in [6.07, 6.45) is 1.93. The van der Waals surface area contributed by atoms with Crippen molar-refractivity contribution in [1.82, 2.24) is 14.9 Å². The largest absolute Gasteiger partial charge is 0.383 e. The maximum absolute atomic E-state index is 12.9. The zero-order chi connectivity index (χ0) is 23.1. The predicted molar refractivity (Wildman–Crippen MR) is 125 cm³/mol. The summed E-state index contributed by atoms with van der Waals surface area (Å²) in [6, 6.07) is 13.3. The standard InChI is InChI=1S/C24H33N3O4S/c1-4-21(27-13-11-19-7-5-6-8-20(19)17-27)16-25-24(28)23-15-22(10-9-18(23)2)32(29,30)26-12-14-31-3/h5-10,15,21,26H,4,11-14,16-17H2,1-3H3,(H,25,28)/t21-/m0/s1. The molecule has 0 aromatic heterocycles. The number of fused-ring (bicyclic) bond motifs is 1. The Morgan fingerprint density at radius 2 is 1.94 bits per heavy atom. The number of carbonyl (C=O) groups excluding carboxylic acids is 1. The Balaban J connectivity index is 1.66. The minimum atomic E-state index is -3.71. The molecular weight excluding hydrogens is 426 g/mol. The van der Waals surface area contributed by atoms with E-state index in [0.717, 1.165) is 31.5 Å². The number of benzene rings is 2. The number of ether oxygens (including phenoxy) is 1. The second-order valence-electron chi connectivity index (χ2n) is 8.13. The molecule has 1 amide bonds. The molecule has 0 radical (unpaired) electrons. The number of methoxy groups -OCH3 is 1. The number of rotatable bonds is 10. The van der Waals surface area contributed by atoms with Crippen molar-refractivity contribution in [3.63, 3.8) is 0 Å². The maximum Gasteiger partial charge on any atom is 0.251 e. The van der Waals surface area contributed by atoms with E-state index in [1.807, 2.05) is 6.92 Å². The van der Waals surface area contributed by atoms with Gasteiger partial charge in [-0.1, -0.05) is 37.3 Å². The van der Waals surface area contributed by atoms with Gasteiger partial charge in [0.15, 0.2) is 0 Å². The molecule has 8 heteroatoms. The molecule has 0 bridgehead atoms. The van der Waals surface area contributed by atoms with Gasteiger partial charge in [0.1, 0.15) is 0 Å². The van der Waals surface area contributed by atoms with Crippen molar-refractivity contribution in [1.29, 1.82) is 0 Å². The summed E-state index contributed by atoms with van der Waals surface area (Å²) < 4.78 is 32.4. The third kappa shape index (κ3) is 5.95. The molecule has 3 rings (SSSR count). The number of nitrogens with one attached hydrogen (secondary N) is 2. The molecule has 0 saturated heterocycles. The second-order valence-corrected chi connectivity index (χ2v) is 9.90. The molecule has 2 N–H and O–H groups in total. The third-order valence-electron chi connectivity index (χ3n) is 6.01. The number of carbonyl (C=O) groups is 1. The van der Waals surface area contributed by atoms with Crippen LogP contribution in [-0.4, -0.2) is 58.6 Å². The summed E-state index contributed by atoms with van der Waals surface area (Å²) >= 11 is 0. The minimum absolute atomic E-state index is 0.0732. The van der Waals surface area contributed by atoms with E-state index in [-0.39, 0.29) is 30.0 Å². The van der Waals surface area contributed by atoms with Crippen LogP contribution in [-0.2, 0) is 27.7 Å². The summed E-state index contributed by atoms with van der Waals surface area (Å²) in [5.74, 6) is -0.257. The molecular formula is C24H33N3O4S. The summed E-state index contributed by atoms with van der Waals surface area (Å²) in [7, 11) is -2.20. The van der Waals surface area contributed by atoms with Gasteiger partial charge in [0.25, 0.3) is 5.91 Å². The Morgan fingerprint density at radius 1 is 1.19 bits per heavy atom. The van der Waals surface area contributed by atoms with Crippen LogP contribution < -0.4 is 10.0 Å². The van der Waals surface area contributed by atoms with Crippen LogP contribution >= 0.6 is 0 Å². The Kier molecular flexibility index (Phi) is 8.42. The van der Waals surface area contributed by atoms with E-state index < -0.39 is 10.0 Å². The van der Waals surface area contributed by atoms with Crippen LogP contribution in [0.4, 0.5) is 0 Å².